The standard InChI is InChI=1S/C14H22N2O3S/c1-9(2)16-14(20)15-8-10-6-12(18-4)13(19-5)7-11(10)17-3/h6-7,9H,8H2,1-5H3,(H2,15,16,20). The van der Waals surface area contributed by atoms with Crippen molar-refractivity contribution < 1.29 is 14.2 Å². The van der Waals surface area contributed by atoms with Gasteiger partial charge in [-0.2, -0.15) is 0 Å². The zero-order valence-electron chi connectivity index (χ0n) is 12.6. The lowest BCUT2D eigenvalue weighted by molar-refractivity contribution is 0.347. The van der Waals surface area contributed by atoms with Crippen LogP contribution in [0.3, 0.4) is 0 Å². The molecule has 0 aliphatic heterocycles. The summed E-state index contributed by atoms with van der Waals surface area (Å²) < 4.78 is 15.9. The molecule has 0 aliphatic carbocycles. The minimum Gasteiger partial charge on any atom is -0.496 e. The van der Waals surface area contributed by atoms with Crippen LogP contribution in [0.2, 0.25) is 0 Å². The summed E-state index contributed by atoms with van der Waals surface area (Å²) in [6.07, 6.45) is 0. The van der Waals surface area contributed by atoms with Gasteiger partial charge in [-0.05, 0) is 32.1 Å². The van der Waals surface area contributed by atoms with Crippen LogP contribution in [0.5, 0.6) is 17.2 Å². The Bertz CT molecular complexity index is 464. The maximum Gasteiger partial charge on any atom is 0.166 e. The summed E-state index contributed by atoms with van der Waals surface area (Å²) in [5.74, 6) is 2.02. The zero-order valence-corrected chi connectivity index (χ0v) is 13.4. The lowest BCUT2D eigenvalue weighted by Crippen LogP contribution is -2.38. The van der Waals surface area contributed by atoms with E-state index in [1.165, 1.54) is 0 Å². The van der Waals surface area contributed by atoms with Crippen LogP contribution in [0.25, 0.3) is 0 Å². The fraction of sp³-hybridized carbons (Fsp3) is 0.500. The van der Waals surface area contributed by atoms with Gasteiger partial charge in [-0.3, -0.25) is 0 Å². The molecule has 112 valence electrons. The molecule has 1 rings (SSSR count). The summed E-state index contributed by atoms with van der Waals surface area (Å²) in [4.78, 5) is 0. The lowest BCUT2D eigenvalue weighted by Gasteiger charge is -2.16. The number of methoxy groups -OCH3 is 3. The van der Waals surface area contributed by atoms with Crippen molar-refractivity contribution in [1.82, 2.24) is 10.6 Å². The molecular formula is C14H22N2O3S. The van der Waals surface area contributed by atoms with Crippen LogP contribution >= 0.6 is 12.2 Å². The van der Waals surface area contributed by atoms with Crippen LogP contribution in [-0.4, -0.2) is 32.5 Å². The first-order chi connectivity index (χ1) is 9.51. The maximum atomic E-state index is 5.36. The van der Waals surface area contributed by atoms with Gasteiger partial charge in [0, 0.05) is 24.2 Å². The van der Waals surface area contributed by atoms with Crippen molar-refractivity contribution in [3.63, 3.8) is 0 Å². The highest BCUT2D eigenvalue weighted by molar-refractivity contribution is 7.80. The number of nitrogens with one attached hydrogen (secondary N) is 2. The minimum atomic E-state index is 0.294. The van der Waals surface area contributed by atoms with Crippen molar-refractivity contribution >= 4 is 17.3 Å². The van der Waals surface area contributed by atoms with Crippen molar-refractivity contribution in [3.05, 3.63) is 17.7 Å². The monoisotopic (exact) mass is 298 g/mol. The predicted octanol–water partition coefficient (Wildman–Crippen LogP) is 2.08. The van der Waals surface area contributed by atoms with Crippen molar-refractivity contribution in [2.24, 2.45) is 0 Å². The molecule has 0 atom stereocenters. The van der Waals surface area contributed by atoms with E-state index in [0.717, 1.165) is 11.3 Å². The van der Waals surface area contributed by atoms with Crippen LogP contribution in [0.1, 0.15) is 19.4 Å². The molecule has 5 nitrogen and oxygen atoms in total. The van der Waals surface area contributed by atoms with E-state index in [1.54, 1.807) is 27.4 Å². The van der Waals surface area contributed by atoms with Gasteiger partial charge in [-0.1, -0.05) is 0 Å². The van der Waals surface area contributed by atoms with E-state index in [9.17, 15) is 0 Å². The third-order valence-electron chi connectivity index (χ3n) is 2.65. The summed E-state index contributed by atoms with van der Waals surface area (Å²) in [6.45, 7) is 4.61. The number of thiocarbonyl (C=S) groups is 1. The number of ether oxygens (including phenoxy) is 3. The number of hydrogen-bond acceptors (Lipinski definition) is 4. The van der Waals surface area contributed by atoms with Gasteiger partial charge >= 0.3 is 0 Å². The van der Waals surface area contributed by atoms with Gasteiger partial charge in [-0.25, -0.2) is 0 Å². The Kier molecular flexibility index (Phi) is 6.38. The highest BCUT2D eigenvalue weighted by Gasteiger charge is 2.12. The molecule has 0 spiro atoms. The van der Waals surface area contributed by atoms with Crippen molar-refractivity contribution in [1.29, 1.82) is 0 Å². The zero-order chi connectivity index (χ0) is 15.1. The molecule has 0 unspecified atom stereocenters. The Morgan fingerprint density at radius 1 is 1.05 bits per heavy atom. The molecule has 0 bridgehead atoms. The number of rotatable bonds is 6. The largest absolute Gasteiger partial charge is 0.496 e. The van der Waals surface area contributed by atoms with Crippen LogP contribution < -0.4 is 24.8 Å². The molecule has 6 heteroatoms. The second kappa shape index (κ2) is 7.79. The number of hydrogen-bond donors (Lipinski definition) is 2. The highest BCUT2D eigenvalue weighted by Crippen LogP contribution is 2.34. The summed E-state index contributed by atoms with van der Waals surface area (Å²) in [7, 11) is 4.82. The van der Waals surface area contributed by atoms with E-state index >= 15 is 0 Å². The third kappa shape index (κ3) is 4.45. The van der Waals surface area contributed by atoms with E-state index in [-0.39, 0.29) is 0 Å². The normalized spacial score (nSPS) is 10.1. The average molecular weight is 298 g/mol. The molecule has 0 heterocycles. The molecular weight excluding hydrogens is 276 g/mol. The predicted molar refractivity (Wildman–Crippen MR) is 83.8 cm³/mol. The maximum absolute atomic E-state index is 5.36. The summed E-state index contributed by atoms with van der Waals surface area (Å²) >= 11 is 5.20. The van der Waals surface area contributed by atoms with Gasteiger partial charge < -0.3 is 24.8 Å². The quantitative estimate of drug-likeness (QED) is 0.784. The molecule has 0 radical (unpaired) electrons. The molecule has 0 aromatic heterocycles. The first kappa shape index (κ1) is 16.4. The fourth-order valence-corrected chi connectivity index (χ4v) is 2.03. The van der Waals surface area contributed by atoms with Gasteiger partial charge in [-0.15, -0.1) is 0 Å². The molecule has 0 saturated heterocycles. The van der Waals surface area contributed by atoms with E-state index in [0.29, 0.717) is 29.2 Å². The fourth-order valence-electron chi connectivity index (χ4n) is 1.72. The van der Waals surface area contributed by atoms with Crippen molar-refractivity contribution in [2.45, 2.75) is 26.4 Å². The second-order valence-corrected chi connectivity index (χ2v) is 4.91. The first-order valence-corrected chi connectivity index (χ1v) is 6.75. The van der Waals surface area contributed by atoms with Gasteiger partial charge in [0.2, 0.25) is 0 Å². The number of benzene rings is 1. The van der Waals surface area contributed by atoms with Crippen molar-refractivity contribution in [3.8, 4) is 17.2 Å². The van der Waals surface area contributed by atoms with Crippen LogP contribution in [0.15, 0.2) is 12.1 Å². The first-order valence-electron chi connectivity index (χ1n) is 6.35. The summed E-state index contributed by atoms with van der Waals surface area (Å²) in [5.41, 5.74) is 0.943. The molecule has 1 aromatic carbocycles. The lowest BCUT2D eigenvalue weighted by atomic mass is 10.1. The SMILES string of the molecule is COc1cc(OC)c(OC)cc1CNC(=S)NC(C)C. The summed E-state index contributed by atoms with van der Waals surface area (Å²) in [6, 6.07) is 3.97. The van der Waals surface area contributed by atoms with E-state index < -0.39 is 0 Å². The highest BCUT2D eigenvalue weighted by atomic mass is 32.1. The van der Waals surface area contributed by atoms with Gasteiger partial charge in [0.15, 0.2) is 16.6 Å². The Labute approximate surface area is 125 Å². The Morgan fingerprint density at radius 2 is 1.60 bits per heavy atom. The molecule has 0 amide bonds. The molecule has 2 N–H and O–H groups in total. The van der Waals surface area contributed by atoms with Gasteiger partial charge in [0.25, 0.3) is 0 Å². The third-order valence-corrected chi connectivity index (χ3v) is 2.91. The molecule has 0 fully saturated rings. The molecule has 1 aromatic rings. The van der Waals surface area contributed by atoms with Gasteiger partial charge in [0.05, 0.1) is 21.3 Å². The van der Waals surface area contributed by atoms with Crippen LogP contribution in [0, 0.1) is 0 Å². The topological polar surface area (TPSA) is 51.8 Å². The Hall–Kier alpha value is -1.69. The van der Waals surface area contributed by atoms with Crippen LogP contribution in [-0.2, 0) is 6.54 Å². The van der Waals surface area contributed by atoms with E-state index in [4.69, 9.17) is 26.4 Å². The minimum absolute atomic E-state index is 0.294. The Balaban J connectivity index is 2.85. The van der Waals surface area contributed by atoms with Crippen molar-refractivity contribution in [2.75, 3.05) is 21.3 Å². The van der Waals surface area contributed by atoms with Crippen LogP contribution in [0.4, 0.5) is 0 Å². The summed E-state index contributed by atoms with van der Waals surface area (Å²) in [5, 5.41) is 6.87. The van der Waals surface area contributed by atoms with Gasteiger partial charge in [0.1, 0.15) is 5.75 Å². The molecule has 0 saturated carbocycles. The Morgan fingerprint density at radius 3 is 2.10 bits per heavy atom. The smallest absolute Gasteiger partial charge is 0.166 e. The molecule has 0 aliphatic rings. The average Bonchev–Trinajstić information content (AvgIpc) is 2.43. The second-order valence-electron chi connectivity index (χ2n) is 4.50. The van der Waals surface area contributed by atoms with E-state index in [2.05, 4.69) is 10.6 Å². The van der Waals surface area contributed by atoms with E-state index in [1.807, 2.05) is 19.9 Å². The molecule has 20 heavy (non-hydrogen) atoms.